The molecule has 0 spiro atoms. The molecule has 0 amide bonds. The first-order valence-electron chi connectivity index (χ1n) is 5.92. The second-order valence-corrected chi connectivity index (χ2v) is 4.20. The van der Waals surface area contributed by atoms with E-state index >= 15 is 0 Å². The summed E-state index contributed by atoms with van der Waals surface area (Å²) in [6.07, 6.45) is 2.05. The molecule has 3 heteroatoms. The fourth-order valence-corrected chi connectivity index (χ4v) is 2.06. The van der Waals surface area contributed by atoms with E-state index in [4.69, 9.17) is 10.5 Å². The number of aromatic nitrogens is 1. The highest BCUT2D eigenvalue weighted by atomic mass is 16.5. The van der Waals surface area contributed by atoms with Crippen molar-refractivity contribution in [1.29, 1.82) is 0 Å². The normalized spacial score (nSPS) is 10.9. The second kappa shape index (κ2) is 5.15. The van der Waals surface area contributed by atoms with Crippen LogP contribution in [0.15, 0.2) is 24.3 Å². The van der Waals surface area contributed by atoms with E-state index in [0.717, 1.165) is 34.9 Å². The molecule has 0 fully saturated rings. The third-order valence-corrected chi connectivity index (χ3v) is 2.86. The smallest absolute Gasteiger partial charge is 0.127 e. The van der Waals surface area contributed by atoms with E-state index in [0.29, 0.717) is 12.4 Å². The number of aryl methyl sites for hydroxylation is 1. The molecule has 1 aromatic carbocycles. The van der Waals surface area contributed by atoms with E-state index in [1.165, 1.54) is 0 Å². The molecule has 0 aliphatic rings. The highest BCUT2D eigenvalue weighted by molar-refractivity contribution is 5.84. The maximum atomic E-state index is 5.99. The molecule has 2 aromatic rings. The van der Waals surface area contributed by atoms with Crippen LogP contribution in [0.2, 0.25) is 0 Å². The van der Waals surface area contributed by atoms with Gasteiger partial charge >= 0.3 is 0 Å². The Balaban J connectivity index is 2.56. The highest BCUT2D eigenvalue weighted by Crippen LogP contribution is 2.23. The fourth-order valence-electron chi connectivity index (χ4n) is 2.06. The van der Waals surface area contributed by atoms with Crippen molar-refractivity contribution in [1.82, 2.24) is 4.98 Å². The summed E-state index contributed by atoms with van der Waals surface area (Å²) in [6.45, 7) is 2.71. The minimum atomic E-state index is 0.566. The minimum absolute atomic E-state index is 0.566. The van der Waals surface area contributed by atoms with Crippen molar-refractivity contribution in [3.8, 4) is 0 Å². The van der Waals surface area contributed by atoms with E-state index in [2.05, 4.69) is 24.0 Å². The van der Waals surface area contributed by atoms with Crippen LogP contribution >= 0.6 is 0 Å². The Bertz CT molecular complexity index is 523. The Morgan fingerprint density at radius 3 is 2.82 bits per heavy atom. The Morgan fingerprint density at radius 1 is 1.29 bits per heavy atom. The van der Waals surface area contributed by atoms with Crippen molar-refractivity contribution in [3.05, 3.63) is 35.4 Å². The molecule has 3 nitrogen and oxygen atoms in total. The number of benzene rings is 1. The molecule has 1 heterocycles. The predicted octanol–water partition coefficient (Wildman–Crippen LogP) is 2.92. The standard InChI is InChI=1S/C14H18N2O/c1-3-5-11-8-10-6-4-7-12(9-17-2)13(10)16-14(11)15/h4,6-8H,3,5,9H2,1-2H3,(H2,15,16). The highest BCUT2D eigenvalue weighted by Gasteiger charge is 2.06. The number of nitrogens with two attached hydrogens (primary N) is 1. The van der Waals surface area contributed by atoms with Gasteiger partial charge in [0.2, 0.25) is 0 Å². The van der Waals surface area contributed by atoms with Gasteiger partial charge in [-0.05, 0) is 18.1 Å². The first-order chi connectivity index (χ1) is 8.26. The zero-order chi connectivity index (χ0) is 12.3. The van der Waals surface area contributed by atoms with E-state index in [1.807, 2.05) is 12.1 Å². The van der Waals surface area contributed by atoms with Gasteiger partial charge in [0.15, 0.2) is 0 Å². The molecule has 0 aliphatic heterocycles. The van der Waals surface area contributed by atoms with Crippen LogP contribution in [0.4, 0.5) is 5.82 Å². The van der Waals surface area contributed by atoms with Crippen LogP contribution in [-0.2, 0) is 17.8 Å². The van der Waals surface area contributed by atoms with E-state index in [9.17, 15) is 0 Å². The number of rotatable bonds is 4. The van der Waals surface area contributed by atoms with E-state index in [1.54, 1.807) is 7.11 Å². The van der Waals surface area contributed by atoms with Crippen LogP contribution in [0.3, 0.4) is 0 Å². The van der Waals surface area contributed by atoms with Crippen LogP contribution in [0, 0.1) is 0 Å². The van der Waals surface area contributed by atoms with Gasteiger partial charge in [-0.3, -0.25) is 0 Å². The molecular weight excluding hydrogens is 212 g/mol. The predicted molar refractivity (Wildman–Crippen MR) is 70.9 cm³/mol. The molecule has 0 saturated heterocycles. The number of hydrogen-bond donors (Lipinski definition) is 1. The Morgan fingerprint density at radius 2 is 2.12 bits per heavy atom. The molecule has 0 aliphatic carbocycles. The average molecular weight is 230 g/mol. The van der Waals surface area contributed by atoms with Gasteiger partial charge in [0.25, 0.3) is 0 Å². The van der Waals surface area contributed by atoms with E-state index < -0.39 is 0 Å². The summed E-state index contributed by atoms with van der Waals surface area (Å²) in [5.41, 5.74) is 9.15. The van der Waals surface area contributed by atoms with Crippen molar-refractivity contribution in [2.75, 3.05) is 12.8 Å². The number of pyridine rings is 1. The first-order valence-corrected chi connectivity index (χ1v) is 5.92. The van der Waals surface area contributed by atoms with Crippen LogP contribution in [-0.4, -0.2) is 12.1 Å². The third-order valence-electron chi connectivity index (χ3n) is 2.86. The number of anilines is 1. The number of fused-ring (bicyclic) bond motifs is 1. The SMILES string of the molecule is CCCc1cc2cccc(COC)c2nc1N. The summed E-state index contributed by atoms with van der Waals surface area (Å²) in [4.78, 5) is 4.51. The maximum absolute atomic E-state index is 5.99. The molecule has 90 valence electrons. The van der Waals surface area contributed by atoms with Gasteiger partial charge in [-0.2, -0.15) is 0 Å². The summed E-state index contributed by atoms with van der Waals surface area (Å²) >= 11 is 0. The van der Waals surface area contributed by atoms with Gasteiger partial charge in [0, 0.05) is 18.1 Å². The Kier molecular flexibility index (Phi) is 3.59. The number of nitrogen functional groups attached to an aromatic ring is 1. The van der Waals surface area contributed by atoms with Crippen molar-refractivity contribution < 1.29 is 4.74 Å². The number of nitrogens with zero attached hydrogens (tertiary/aromatic N) is 1. The second-order valence-electron chi connectivity index (χ2n) is 4.20. The summed E-state index contributed by atoms with van der Waals surface area (Å²) in [7, 11) is 1.69. The molecule has 1 aromatic heterocycles. The molecular formula is C14H18N2O. The average Bonchev–Trinajstić information content (AvgIpc) is 2.32. The van der Waals surface area contributed by atoms with Gasteiger partial charge in [-0.1, -0.05) is 31.5 Å². The summed E-state index contributed by atoms with van der Waals surface area (Å²) in [5, 5.41) is 1.14. The largest absolute Gasteiger partial charge is 0.383 e. The lowest BCUT2D eigenvalue weighted by Crippen LogP contribution is -2.00. The zero-order valence-corrected chi connectivity index (χ0v) is 10.4. The van der Waals surface area contributed by atoms with Crippen LogP contribution in [0.1, 0.15) is 24.5 Å². The first kappa shape index (κ1) is 11.9. The molecule has 0 saturated carbocycles. The van der Waals surface area contributed by atoms with Gasteiger partial charge < -0.3 is 10.5 Å². The molecule has 0 bridgehead atoms. The van der Waals surface area contributed by atoms with Crippen molar-refractivity contribution in [2.24, 2.45) is 0 Å². The van der Waals surface area contributed by atoms with Crippen LogP contribution in [0.5, 0.6) is 0 Å². The number of methoxy groups -OCH3 is 1. The third kappa shape index (κ3) is 2.39. The number of hydrogen-bond acceptors (Lipinski definition) is 3. The quantitative estimate of drug-likeness (QED) is 0.878. The van der Waals surface area contributed by atoms with Crippen LogP contribution < -0.4 is 5.73 Å². The van der Waals surface area contributed by atoms with Gasteiger partial charge in [-0.15, -0.1) is 0 Å². The summed E-state index contributed by atoms with van der Waals surface area (Å²) in [5.74, 6) is 0.642. The lowest BCUT2D eigenvalue weighted by molar-refractivity contribution is 0.186. The van der Waals surface area contributed by atoms with Gasteiger partial charge in [-0.25, -0.2) is 4.98 Å². The molecule has 0 atom stereocenters. The molecule has 0 radical (unpaired) electrons. The Hall–Kier alpha value is -1.61. The monoisotopic (exact) mass is 230 g/mol. The Labute approximate surface area is 102 Å². The molecule has 2 rings (SSSR count). The number of para-hydroxylation sites is 1. The fraction of sp³-hybridized carbons (Fsp3) is 0.357. The molecule has 17 heavy (non-hydrogen) atoms. The molecule has 2 N–H and O–H groups in total. The van der Waals surface area contributed by atoms with Gasteiger partial charge in [0.1, 0.15) is 5.82 Å². The van der Waals surface area contributed by atoms with Crippen LogP contribution in [0.25, 0.3) is 10.9 Å². The number of ether oxygens (including phenoxy) is 1. The summed E-state index contributed by atoms with van der Waals surface area (Å²) < 4.78 is 5.17. The lowest BCUT2D eigenvalue weighted by atomic mass is 10.1. The van der Waals surface area contributed by atoms with Crippen molar-refractivity contribution in [3.63, 3.8) is 0 Å². The lowest BCUT2D eigenvalue weighted by Gasteiger charge is -2.09. The minimum Gasteiger partial charge on any atom is -0.383 e. The van der Waals surface area contributed by atoms with Crippen molar-refractivity contribution >= 4 is 16.7 Å². The zero-order valence-electron chi connectivity index (χ0n) is 10.4. The van der Waals surface area contributed by atoms with Gasteiger partial charge in [0.05, 0.1) is 12.1 Å². The summed E-state index contributed by atoms with van der Waals surface area (Å²) in [6, 6.07) is 8.27. The molecule has 0 unspecified atom stereocenters. The van der Waals surface area contributed by atoms with E-state index in [-0.39, 0.29) is 0 Å². The van der Waals surface area contributed by atoms with Crippen molar-refractivity contribution in [2.45, 2.75) is 26.4 Å². The maximum Gasteiger partial charge on any atom is 0.127 e. The topological polar surface area (TPSA) is 48.1 Å².